The van der Waals surface area contributed by atoms with Crippen molar-refractivity contribution in [1.29, 1.82) is 0 Å². The smallest absolute Gasteiger partial charge is 0.295 e. The van der Waals surface area contributed by atoms with E-state index in [-0.39, 0.29) is 11.3 Å². The van der Waals surface area contributed by atoms with E-state index in [1.165, 1.54) is 5.56 Å². The van der Waals surface area contributed by atoms with Gasteiger partial charge in [-0.2, -0.15) is 0 Å². The van der Waals surface area contributed by atoms with Crippen LogP contribution in [0.15, 0.2) is 54.1 Å². The van der Waals surface area contributed by atoms with E-state index in [1.54, 1.807) is 29.2 Å². The highest BCUT2D eigenvalue weighted by Crippen LogP contribution is 2.39. The van der Waals surface area contributed by atoms with Gasteiger partial charge in [-0.25, -0.2) is 0 Å². The summed E-state index contributed by atoms with van der Waals surface area (Å²) in [5, 5.41) is 11.3. The fourth-order valence-corrected chi connectivity index (χ4v) is 4.59. The number of benzene rings is 2. The number of aliphatic hydroxyl groups is 1. The molecule has 2 heterocycles. The van der Waals surface area contributed by atoms with Crippen LogP contribution in [0.1, 0.15) is 43.5 Å². The molecular weight excluding hydrogens is 456 g/mol. The number of ether oxygens (including phenoxy) is 2. The van der Waals surface area contributed by atoms with Gasteiger partial charge in [0.1, 0.15) is 11.5 Å². The first-order valence-electron chi connectivity index (χ1n) is 12.8. The number of likely N-dealkylation sites (tertiary alicyclic amines) is 1. The maximum absolute atomic E-state index is 13.3. The topological polar surface area (TPSA) is 79.3 Å². The second kappa shape index (κ2) is 11.7. The Balaban J connectivity index is 1.67. The van der Waals surface area contributed by atoms with Gasteiger partial charge < -0.3 is 19.5 Å². The molecule has 2 aliphatic rings. The van der Waals surface area contributed by atoms with Gasteiger partial charge in [0.05, 0.1) is 31.4 Å². The molecule has 2 aromatic carbocycles. The summed E-state index contributed by atoms with van der Waals surface area (Å²) < 4.78 is 11.2. The van der Waals surface area contributed by atoms with Crippen LogP contribution < -0.4 is 4.74 Å². The van der Waals surface area contributed by atoms with Crippen LogP contribution >= 0.6 is 0 Å². The first-order valence-corrected chi connectivity index (χ1v) is 12.8. The molecular formula is C29H36N2O5. The third-order valence-corrected chi connectivity index (χ3v) is 6.72. The summed E-state index contributed by atoms with van der Waals surface area (Å²) >= 11 is 0. The van der Waals surface area contributed by atoms with Crippen LogP contribution in [0, 0.1) is 5.92 Å². The molecule has 0 bridgehead atoms. The van der Waals surface area contributed by atoms with Crippen LogP contribution in [0.2, 0.25) is 0 Å². The van der Waals surface area contributed by atoms with Crippen molar-refractivity contribution in [1.82, 2.24) is 9.80 Å². The van der Waals surface area contributed by atoms with Crippen molar-refractivity contribution >= 4 is 17.4 Å². The largest absolute Gasteiger partial charge is 0.507 e. The maximum Gasteiger partial charge on any atom is 0.295 e. The normalized spacial score (nSPS) is 20.3. The van der Waals surface area contributed by atoms with Gasteiger partial charge in [0.2, 0.25) is 0 Å². The Kier molecular flexibility index (Phi) is 8.44. The van der Waals surface area contributed by atoms with Gasteiger partial charge in [-0.05, 0) is 47.7 Å². The predicted molar refractivity (Wildman–Crippen MR) is 139 cm³/mol. The van der Waals surface area contributed by atoms with Crippen LogP contribution in [-0.2, 0) is 20.7 Å². The molecule has 2 saturated heterocycles. The fourth-order valence-electron chi connectivity index (χ4n) is 4.59. The summed E-state index contributed by atoms with van der Waals surface area (Å²) in [7, 11) is 0. The minimum absolute atomic E-state index is 0.127. The summed E-state index contributed by atoms with van der Waals surface area (Å²) in [6.45, 7) is 10.8. The van der Waals surface area contributed by atoms with E-state index in [9.17, 15) is 14.7 Å². The van der Waals surface area contributed by atoms with Gasteiger partial charge in [-0.1, -0.05) is 45.0 Å². The lowest BCUT2D eigenvalue weighted by Crippen LogP contribution is -2.42. The fraction of sp³-hybridized carbons (Fsp3) is 0.448. The molecule has 2 aliphatic heterocycles. The number of carbonyl (C=O) groups excluding carboxylic acids is 2. The molecule has 0 saturated carbocycles. The van der Waals surface area contributed by atoms with E-state index in [2.05, 4.69) is 25.7 Å². The van der Waals surface area contributed by atoms with E-state index in [1.807, 2.05) is 24.3 Å². The maximum atomic E-state index is 13.3. The minimum atomic E-state index is -0.654. The lowest BCUT2D eigenvalue weighted by molar-refractivity contribution is -0.140. The minimum Gasteiger partial charge on any atom is -0.507 e. The second-order valence-corrected chi connectivity index (χ2v) is 9.77. The van der Waals surface area contributed by atoms with Crippen LogP contribution in [0.5, 0.6) is 5.75 Å². The number of aliphatic hydroxyl groups excluding tert-OH is 1. The zero-order valence-corrected chi connectivity index (χ0v) is 21.4. The van der Waals surface area contributed by atoms with Crippen LogP contribution in [-0.4, -0.2) is 72.6 Å². The lowest BCUT2D eigenvalue weighted by atomic mass is 9.94. The molecule has 0 aromatic heterocycles. The Morgan fingerprint density at radius 2 is 1.69 bits per heavy atom. The molecule has 192 valence electrons. The number of carbonyl (C=O) groups is 2. The van der Waals surface area contributed by atoms with E-state index in [4.69, 9.17) is 9.47 Å². The molecule has 0 spiro atoms. The van der Waals surface area contributed by atoms with Crippen LogP contribution in [0.3, 0.4) is 0 Å². The number of Topliss-reactive ketones (excluding diaryl/α,β-unsaturated/α-hetero) is 1. The summed E-state index contributed by atoms with van der Waals surface area (Å²) in [5.74, 6) is -0.309. The first kappa shape index (κ1) is 25.9. The second-order valence-electron chi connectivity index (χ2n) is 9.77. The highest BCUT2D eigenvalue weighted by Gasteiger charge is 2.46. The number of hydrogen-bond acceptors (Lipinski definition) is 6. The molecule has 7 nitrogen and oxygen atoms in total. The van der Waals surface area contributed by atoms with Gasteiger partial charge in [-0.15, -0.1) is 0 Å². The van der Waals surface area contributed by atoms with Crippen molar-refractivity contribution in [3.05, 3.63) is 70.8 Å². The Bertz CT molecular complexity index is 1090. The van der Waals surface area contributed by atoms with Gasteiger partial charge in [0, 0.05) is 31.7 Å². The third kappa shape index (κ3) is 5.79. The monoisotopic (exact) mass is 492 g/mol. The van der Waals surface area contributed by atoms with Crippen molar-refractivity contribution < 1.29 is 24.2 Å². The van der Waals surface area contributed by atoms with Gasteiger partial charge >= 0.3 is 0 Å². The number of hydrogen-bond donors (Lipinski definition) is 1. The van der Waals surface area contributed by atoms with Crippen molar-refractivity contribution in [2.24, 2.45) is 5.92 Å². The number of rotatable bonds is 9. The molecule has 2 aromatic rings. The molecule has 1 N–H and O–H groups in total. The van der Waals surface area contributed by atoms with E-state index in [0.717, 1.165) is 25.1 Å². The highest BCUT2D eigenvalue weighted by atomic mass is 16.5. The Morgan fingerprint density at radius 1 is 1.03 bits per heavy atom. The average Bonchev–Trinajstić information content (AvgIpc) is 3.16. The summed E-state index contributed by atoms with van der Waals surface area (Å²) in [6, 6.07) is 14.3. The Labute approximate surface area is 213 Å². The standard InChI is InChI=1S/C29H36N2O5/c1-4-21-5-7-22(8-6-21)26-25(27(32)23-9-11-24(12-10-23)36-19-20(2)3)28(33)29(34)31(26)14-13-30-15-17-35-18-16-30/h5-12,20,26,32H,4,13-19H2,1-3H3/b27-25+/t26-/m1/s1. The molecule has 0 radical (unpaired) electrons. The van der Waals surface area contributed by atoms with Gasteiger partial charge in [0.25, 0.3) is 11.7 Å². The van der Waals surface area contributed by atoms with Crippen LogP contribution in [0.4, 0.5) is 0 Å². The van der Waals surface area contributed by atoms with Gasteiger partial charge in [0.15, 0.2) is 0 Å². The molecule has 1 amide bonds. The molecule has 1 atom stereocenters. The average molecular weight is 493 g/mol. The van der Waals surface area contributed by atoms with Crippen LogP contribution in [0.25, 0.3) is 5.76 Å². The van der Waals surface area contributed by atoms with Gasteiger partial charge in [-0.3, -0.25) is 14.5 Å². The van der Waals surface area contributed by atoms with Crippen molar-refractivity contribution in [2.75, 3.05) is 46.0 Å². The third-order valence-electron chi connectivity index (χ3n) is 6.72. The molecule has 4 rings (SSSR count). The molecule has 2 fully saturated rings. The Morgan fingerprint density at radius 3 is 2.31 bits per heavy atom. The molecule has 36 heavy (non-hydrogen) atoms. The zero-order chi connectivity index (χ0) is 25.7. The van der Waals surface area contributed by atoms with E-state index in [0.29, 0.717) is 50.1 Å². The Hall–Kier alpha value is -3.16. The SMILES string of the molecule is CCc1ccc([C@@H]2/C(=C(\O)c3ccc(OCC(C)C)cc3)C(=O)C(=O)N2CCN2CCOCC2)cc1. The van der Waals surface area contributed by atoms with Crippen molar-refractivity contribution in [3.63, 3.8) is 0 Å². The highest BCUT2D eigenvalue weighted by molar-refractivity contribution is 6.46. The summed E-state index contributed by atoms with van der Waals surface area (Å²) in [4.78, 5) is 30.3. The number of nitrogens with zero attached hydrogens (tertiary/aromatic N) is 2. The number of ketones is 1. The molecule has 0 aliphatic carbocycles. The molecule has 0 unspecified atom stereocenters. The van der Waals surface area contributed by atoms with E-state index >= 15 is 0 Å². The summed E-state index contributed by atoms with van der Waals surface area (Å²) in [5.41, 5.74) is 2.59. The summed E-state index contributed by atoms with van der Waals surface area (Å²) in [6.07, 6.45) is 0.892. The number of aryl methyl sites for hydroxylation is 1. The number of morpholine rings is 1. The molecule has 7 heteroatoms. The predicted octanol–water partition coefficient (Wildman–Crippen LogP) is 4.04. The zero-order valence-electron chi connectivity index (χ0n) is 21.4. The first-order chi connectivity index (χ1) is 17.4. The van der Waals surface area contributed by atoms with Crippen molar-refractivity contribution in [3.8, 4) is 5.75 Å². The van der Waals surface area contributed by atoms with Crippen molar-refractivity contribution in [2.45, 2.75) is 33.2 Å². The quantitative estimate of drug-likeness (QED) is 0.323. The lowest BCUT2D eigenvalue weighted by Gasteiger charge is -2.31. The number of amides is 1. The van der Waals surface area contributed by atoms with E-state index < -0.39 is 17.7 Å².